The first-order valence-corrected chi connectivity index (χ1v) is 7.67. The van der Waals surface area contributed by atoms with E-state index in [1.807, 2.05) is 13.0 Å². The molecule has 0 amide bonds. The van der Waals surface area contributed by atoms with Crippen LogP contribution >= 0.6 is 0 Å². The third-order valence-corrected chi connectivity index (χ3v) is 5.12. The first-order valence-electron chi connectivity index (χ1n) is 6.23. The van der Waals surface area contributed by atoms with Crippen LogP contribution in [0.1, 0.15) is 31.4 Å². The van der Waals surface area contributed by atoms with Crippen molar-refractivity contribution in [3.8, 4) is 0 Å². The van der Waals surface area contributed by atoms with Crippen molar-refractivity contribution in [2.24, 2.45) is 11.7 Å². The summed E-state index contributed by atoms with van der Waals surface area (Å²) in [5.41, 5.74) is 6.63. The normalized spacial score (nSPS) is 18.0. The molecule has 1 unspecified atom stereocenters. The summed E-state index contributed by atoms with van der Waals surface area (Å²) in [4.78, 5) is 0.334. The van der Waals surface area contributed by atoms with Gasteiger partial charge < -0.3 is 5.73 Å². The molecule has 1 atom stereocenters. The fraction of sp³-hybridized carbons (Fsp3) is 0.538. The highest BCUT2D eigenvalue weighted by Crippen LogP contribution is 2.31. The summed E-state index contributed by atoms with van der Waals surface area (Å²) in [5, 5.41) is 0. The molecule has 1 aromatic carbocycles. The molecule has 1 aromatic rings. The predicted octanol–water partition coefficient (Wildman–Crippen LogP) is 1.74. The van der Waals surface area contributed by atoms with E-state index >= 15 is 0 Å². The SMILES string of the molecule is CC(N)c1cccc(S(=O)(=O)N(C)CC2CC2)c1. The first-order chi connectivity index (χ1) is 8.41. The number of nitrogens with two attached hydrogens (primary N) is 1. The smallest absolute Gasteiger partial charge is 0.242 e. The maximum Gasteiger partial charge on any atom is 0.242 e. The zero-order chi connectivity index (χ0) is 13.3. The van der Waals surface area contributed by atoms with Gasteiger partial charge in [0.15, 0.2) is 0 Å². The molecule has 100 valence electrons. The van der Waals surface area contributed by atoms with Crippen molar-refractivity contribution < 1.29 is 8.42 Å². The fourth-order valence-corrected chi connectivity index (χ4v) is 3.20. The van der Waals surface area contributed by atoms with E-state index in [1.54, 1.807) is 25.2 Å². The van der Waals surface area contributed by atoms with Gasteiger partial charge in [0, 0.05) is 19.6 Å². The van der Waals surface area contributed by atoms with E-state index in [2.05, 4.69) is 0 Å². The lowest BCUT2D eigenvalue weighted by atomic mass is 10.1. The third kappa shape index (κ3) is 2.91. The zero-order valence-corrected chi connectivity index (χ0v) is 11.7. The second-order valence-electron chi connectivity index (χ2n) is 5.09. The molecular formula is C13H20N2O2S. The molecular weight excluding hydrogens is 248 g/mol. The number of hydrogen-bond donors (Lipinski definition) is 1. The monoisotopic (exact) mass is 268 g/mol. The van der Waals surface area contributed by atoms with Crippen LogP contribution in [-0.2, 0) is 10.0 Å². The van der Waals surface area contributed by atoms with Crippen molar-refractivity contribution in [3.05, 3.63) is 29.8 Å². The van der Waals surface area contributed by atoms with E-state index in [0.717, 1.165) is 18.4 Å². The lowest BCUT2D eigenvalue weighted by molar-refractivity contribution is 0.453. The van der Waals surface area contributed by atoms with Crippen LogP contribution in [0, 0.1) is 5.92 Å². The number of sulfonamides is 1. The maximum absolute atomic E-state index is 12.4. The Bertz CT molecular complexity index is 522. The van der Waals surface area contributed by atoms with Crippen molar-refractivity contribution in [1.29, 1.82) is 0 Å². The summed E-state index contributed by atoms with van der Waals surface area (Å²) >= 11 is 0. The standard InChI is InChI=1S/C13H20N2O2S/c1-10(14)12-4-3-5-13(8-12)18(16,17)15(2)9-11-6-7-11/h3-5,8,10-11H,6-7,9,14H2,1-2H3. The molecule has 0 radical (unpaired) electrons. The molecule has 5 heteroatoms. The van der Waals surface area contributed by atoms with Gasteiger partial charge in [-0.15, -0.1) is 0 Å². The Morgan fingerprint density at radius 2 is 2.11 bits per heavy atom. The summed E-state index contributed by atoms with van der Waals surface area (Å²) in [6.45, 7) is 2.46. The summed E-state index contributed by atoms with van der Waals surface area (Å²) in [6.07, 6.45) is 2.28. The molecule has 0 spiro atoms. The van der Waals surface area contributed by atoms with Gasteiger partial charge in [0.1, 0.15) is 0 Å². The van der Waals surface area contributed by atoms with Crippen LogP contribution in [0.25, 0.3) is 0 Å². The highest BCUT2D eigenvalue weighted by atomic mass is 32.2. The molecule has 18 heavy (non-hydrogen) atoms. The van der Waals surface area contributed by atoms with Gasteiger partial charge in [-0.2, -0.15) is 0 Å². The molecule has 1 aliphatic carbocycles. The Labute approximate surface area is 109 Å². The number of nitrogens with zero attached hydrogens (tertiary/aromatic N) is 1. The van der Waals surface area contributed by atoms with Gasteiger partial charge in [0.05, 0.1) is 4.90 Å². The average Bonchev–Trinajstić information content (AvgIpc) is 3.13. The topological polar surface area (TPSA) is 63.4 Å². The van der Waals surface area contributed by atoms with Gasteiger partial charge in [0.25, 0.3) is 0 Å². The molecule has 2 N–H and O–H groups in total. The molecule has 0 saturated heterocycles. The van der Waals surface area contributed by atoms with Crippen LogP contribution < -0.4 is 5.73 Å². The van der Waals surface area contributed by atoms with Crippen molar-refractivity contribution >= 4 is 10.0 Å². The van der Waals surface area contributed by atoms with E-state index in [-0.39, 0.29) is 6.04 Å². The van der Waals surface area contributed by atoms with Crippen LogP contribution in [0.15, 0.2) is 29.2 Å². The lowest BCUT2D eigenvalue weighted by Gasteiger charge is -2.17. The Kier molecular flexibility index (Phi) is 3.75. The largest absolute Gasteiger partial charge is 0.324 e. The van der Waals surface area contributed by atoms with Crippen LogP contribution in [0.5, 0.6) is 0 Å². The minimum absolute atomic E-state index is 0.158. The molecule has 0 heterocycles. The quantitative estimate of drug-likeness (QED) is 0.884. The Morgan fingerprint density at radius 3 is 2.67 bits per heavy atom. The van der Waals surface area contributed by atoms with Crippen LogP contribution in [0.2, 0.25) is 0 Å². The number of rotatable bonds is 5. The zero-order valence-electron chi connectivity index (χ0n) is 10.8. The van der Waals surface area contributed by atoms with E-state index in [4.69, 9.17) is 5.73 Å². The molecule has 0 aliphatic heterocycles. The van der Waals surface area contributed by atoms with E-state index in [1.165, 1.54) is 4.31 Å². The van der Waals surface area contributed by atoms with E-state index in [9.17, 15) is 8.42 Å². The molecule has 4 nitrogen and oxygen atoms in total. The molecule has 1 aliphatic rings. The predicted molar refractivity (Wildman–Crippen MR) is 71.6 cm³/mol. The highest BCUT2D eigenvalue weighted by molar-refractivity contribution is 7.89. The Morgan fingerprint density at radius 1 is 1.44 bits per heavy atom. The van der Waals surface area contributed by atoms with Crippen LogP contribution in [0.4, 0.5) is 0 Å². The Hall–Kier alpha value is -0.910. The molecule has 1 fully saturated rings. The highest BCUT2D eigenvalue weighted by Gasteiger charge is 2.29. The second-order valence-corrected chi connectivity index (χ2v) is 7.13. The van der Waals surface area contributed by atoms with Crippen LogP contribution in [0.3, 0.4) is 0 Å². The maximum atomic E-state index is 12.4. The summed E-state index contributed by atoms with van der Waals surface area (Å²) in [5.74, 6) is 0.543. The minimum Gasteiger partial charge on any atom is -0.324 e. The average molecular weight is 268 g/mol. The Balaban J connectivity index is 2.25. The summed E-state index contributed by atoms with van der Waals surface area (Å²) in [7, 11) is -1.73. The fourth-order valence-electron chi connectivity index (χ4n) is 1.90. The van der Waals surface area contributed by atoms with Gasteiger partial charge in [0.2, 0.25) is 10.0 Å². The van der Waals surface area contributed by atoms with Gasteiger partial charge in [-0.05, 0) is 43.4 Å². The van der Waals surface area contributed by atoms with Crippen LogP contribution in [-0.4, -0.2) is 26.3 Å². The molecule has 1 saturated carbocycles. The molecule has 0 bridgehead atoms. The van der Waals surface area contributed by atoms with Crippen molar-refractivity contribution in [2.45, 2.75) is 30.7 Å². The number of hydrogen-bond acceptors (Lipinski definition) is 3. The van der Waals surface area contributed by atoms with Crippen molar-refractivity contribution in [1.82, 2.24) is 4.31 Å². The minimum atomic E-state index is -3.37. The van der Waals surface area contributed by atoms with Gasteiger partial charge >= 0.3 is 0 Å². The summed E-state index contributed by atoms with van der Waals surface area (Å²) < 4.78 is 26.2. The molecule has 2 rings (SSSR count). The van der Waals surface area contributed by atoms with Gasteiger partial charge in [-0.25, -0.2) is 12.7 Å². The third-order valence-electron chi connectivity index (χ3n) is 3.30. The number of benzene rings is 1. The van der Waals surface area contributed by atoms with Gasteiger partial charge in [-0.3, -0.25) is 0 Å². The van der Waals surface area contributed by atoms with Crippen molar-refractivity contribution in [2.75, 3.05) is 13.6 Å². The van der Waals surface area contributed by atoms with E-state index in [0.29, 0.717) is 17.4 Å². The van der Waals surface area contributed by atoms with Crippen molar-refractivity contribution in [3.63, 3.8) is 0 Å². The van der Waals surface area contributed by atoms with E-state index < -0.39 is 10.0 Å². The van der Waals surface area contributed by atoms with Gasteiger partial charge in [-0.1, -0.05) is 12.1 Å². The summed E-state index contributed by atoms with van der Waals surface area (Å²) in [6, 6.07) is 6.74. The second kappa shape index (κ2) is 4.99. The first kappa shape index (κ1) is 13.5. The molecule has 0 aromatic heterocycles. The lowest BCUT2D eigenvalue weighted by Crippen LogP contribution is -2.29.